The monoisotopic (exact) mass is 430 g/mol. The largest absolute Gasteiger partial charge is 0.497 e. The van der Waals surface area contributed by atoms with Crippen molar-refractivity contribution in [3.63, 3.8) is 0 Å². The summed E-state index contributed by atoms with van der Waals surface area (Å²) in [7, 11) is 3.23. The van der Waals surface area contributed by atoms with Crippen molar-refractivity contribution < 1.29 is 18.3 Å². The molecule has 0 aliphatic carbocycles. The van der Waals surface area contributed by atoms with Gasteiger partial charge in [-0.3, -0.25) is 10.1 Å². The number of methoxy groups -OCH3 is 1. The predicted molar refractivity (Wildman–Crippen MR) is 113 cm³/mol. The Labute approximate surface area is 178 Å². The number of aryl methyl sites for hydroxylation is 1. The van der Waals surface area contributed by atoms with Gasteiger partial charge in [0.1, 0.15) is 17.3 Å². The van der Waals surface area contributed by atoms with Crippen LogP contribution in [0.25, 0.3) is 11.4 Å². The third-order valence-corrected chi connectivity index (χ3v) is 4.41. The van der Waals surface area contributed by atoms with Crippen LogP contribution in [0.4, 0.5) is 8.78 Å². The van der Waals surface area contributed by atoms with Gasteiger partial charge in [0.2, 0.25) is 0 Å². The van der Waals surface area contributed by atoms with Crippen LogP contribution in [0.3, 0.4) is 0 Å². The lowest BCUT2D eigenvalue weighted by atomic mass is 10.1. The molecule has 1 heterocycles. The number of nitrogens with zero attached hydrogens (tertiary/aromatic N) is 3. The van der Waals surface area contributed by atoms with Gasteiger partial charge in [-0.1, -0.05) is 17.7 Å². The van der Waals surface area contributed by atoms with Gasteiger partial charge in [-0.05, 0) is 37.3 Å². The number of hydrogen-bond acceptors (Lipinski definition) is 5. The summed E-state index contributed by atoms with van der Waals surface area (Å²) in [5.41, 5.74) is 2.40. The third kappa shape index (κ3) is 6.14. The Bertz CT molecular complexity index is 1020. The fourth-order valence-electron chi connectivity index (χ4n) is 2.87. The SMILES string of the molecule is CN=C(NCc1nc(-c2ccc(OC)cc2)n[nH]1)NCc1cc(C)ccc1OC(F)F. The number of aromatic nitrogens is 3. The maximum atomic E-state index is 12.6. The highest BCUT2D eigenvalue weighted by Gasteiger charge is 2.11. The van der Waals surface area contributed by atoms with E-state index in [9.17, 15) is 8.78 Å². The van der Waals surface area contributed by atoms with Gasteiger partial charge in [-0.25, -0.2) is 4.98 Å². The quantitative estimate of drug-likeness (QED) is 0.375. The number of halogens is 2. The topological polar surface area (TPSA) is 96.5 Å². The fourth-order valence-corrected chi connectivity index (χ4v) is 2.87. The van der Waals surface area contributed by atoms with Crippen LogP contribution in [0.5, 0.6) is 11.5 Å². The second kappa shape index (κ2) is 10.4. The zero-order valence-electron chi connectivity index (χ0n) is 17.4. The Balaban J connectivity index is 1.58. The van der Waals surface area contributed by atoms with E-state index in [4.69, 9.17) is 4.74 Å². The lowest BCUT2D eigenvalue weighted by Crippen LogP contribution is -2.36. The summed E-state index contributed by atoms with van der Waals surface area (Å²) in [6.45, 7) is -0.397. The maximum Gasteiger partial charge on any atom is 0.387 e. The minimum absolute atomic E-state index is 0.128. The molecule has 0 atom stereocenters. The number of aromatic amines is 1. The molecule has 3 aromatic rings. The summed E-state index contributed by atoms with van der Waals surface area (Å²) in [6, 6.07) is 12.5. The first-order valence-electron chi connectivity index (χ1n) is 9.53. The Hall–Kier alpha value is -3.69. The van der Waals surface area contributed by atoms with E-state index < -0.39 is 6.61 Å². The molecule has 0 bridgehead atoms. The number of rotatable bonds is 8. The van der Waals surface area contributed by atoms with E-state index in [1.54, 1.807) is 26.3 Å². The van der Waals surface area contributed by atoms with Crippen molar-refractivity contribution in [3.05, 3.63) is 59.4 Å². The molecule has 0 radical (unpaired) electrons. The predicted octanol–water partition coefficient (Wildman–Crippen LogP) is 3.26. The van der Waals surface area contributed by atoms with Crippen LogP contribution in [0.1, 0.15) is 17.0 Å². The van der Waals surface area contributed by atoms with Crippen LogP contribution in [-0.2, 0) is 13.1 Å². The van der Waals surface area contributed by atoms with E-state index in [0.717, 1.165) is 16.9 Å². The molecule has 31 heavy (non-hydrogen) atoms. The summed E-state index contributed by atoms with van der Waals surface area (Å²) in [6.07, 6.45) is 0. The average Bonchev–Trinajstić information content (AvgIpc) is 3.24. The Morgan fingerprint density at radius 3 is 2.55 bits per heavy atom. The van der Waals surface area contributed by atoms with E-state index in [0.29, 0.717) is 29.7 Å². The Morgan fingerprint density at radius 2 is 1.87 bits per heavy atom. The van der Waals surface area contributed by atoms with E-state index in [1.807, 2.05) is 31.2 Å². The molecule has 2 aromatic carbocycles. The minimum atomic E-state index is -2.88. The van der Waals surface area contributed by atoms with Gasteiger partial charge in [-0.2, -0.15) is 13.9 Å². The number of H-pyrrole nitrogens is 1. The number of ether oxygens (including phenoxy) is 2. The number of nitrogens with one attached hydrogen (secondary N) is 3. The number of alkyl halides is 2. The van der Waals surface area contributed by atoms with Crippen LogP contribution in [0, 0.1) is 6.92 Å². The molecule has 8 nitrogen and oxygen atoms in total. The molecule has 0 aliphatic heterocycles. The van der Waals surface area contributed by atoms with Crippen LogP contribution in [0.2, 0.25) is 0 Å². The van der Waals surface area contributed by atoms with Crippen molar-refractivity contribution in [2.45, 2.75) is 26.6 Å². The molecular formula is C21H24F2N6O2. The molecule has 0 spiro atoms. The first-order chi connectivity index (χ1) is 15.0. The second-order valence-corrected chi connectivity index (χ2v) is 6.60. The van der Waals surface area contributed by atoms with Gasteiger partial charge in [0.05, 0.1) is 13.7 Å². The van der Waals surface area contributed by atoms with Crippen LogP contribution >= 0.6 is 0 Å². The number of guanidine groups is 1. The number of benzene rings is 2. The van der Waals surface area contributed by atoms with E-state index >= 15 is 0 Å². The van der Waals surface area contributed by atoms with Gasteiger partial charge in [-0.15, -0.1) is 0 Å². The van der Waals surface area contributed by atoms with Gasteiger partial charge in [0.15, 0.2) is 11.8 Å². The zero-order chi connectivity index (χ0) is 22.2. The number of aliphatic imine (C=N–C) groups is 1. The Morgan fingerprint density at radius 1 is 1.13 bits per heavy atom. The van der Waals surface area contributed by atoms with E-state index in [-0.39, 0.29) is 12.3 Å². The van der Waals surface area contributed by atoms with Crippen LogP contribution in [-0.4, -0.2) is 41.9 Å². The molecule has 0 aliphatic rings. The molecule has 0 saturated carbocycles. The van der Waals surface area contributed by atoms with Crippen molar-refractivity contribution in [2.24, 2.45) is 4.99 Å². The van der Waals surface area contributed by atoms with Crippen molar-refractivity contribution in [1.29, 1.82) is 0 Å². The molecule has 3 N–H and O–H groups in total. The van der Waals surface area contributed by atoms with Crippen molar-refractivity contribution >= 4 is 5.96 Å². The van der Waals surface area contributed by atoms with Gasteiger partial charge >= 0.3 is 6.61 Å². The third-order valence-electron chi connectivity index (χ3n) is 4.41. The van der Waals surface area contributed by atoms with Crippen LogP contribution in [0.15, 0.2) is 47.5 Å². The molecule has 3 rings (SSSR count). The molecule has 1 aromatic heterocycles. The highest BCUT2D eigenvalue weighted by atomic mass is 19.3. The highest BCUT2D eigenvalue weighted by Crippen LogP contribution is 2.22. The van der Waals surface area contributed by atoms with E-state index in [1.165, 1.54) is 6.07 Å². The summed E-state index contributed by atoms with van der Waals surface area (Å²) in [5.74, 6) is 2.54. The van der Waals surface area contributed by atoms with Crippen molar-refractivity contribution in [1.82, 2.24) is 25.8 Å². The minimum Gasteiger partial charge on any atom is -0.497 e. The fraction of sp³-hybridized carbons (Fsp3) is 0.286. The molecule has 0 amide bonds. The molecule has 0 saturated heterocycles. The van der Waals surface area contributed by atoms with Gasteiger partial charge in [0.25, 0.3) is 0 Å². The molecule has 164 valence electrons. The molecular weight excluding hydrogens is 406 g/mol. The van der Waals surface area contributed by atoms with Crippen molar-refractivity contribution in [2.75, 3.05) is 14.2 Å². The first kappa shape index (κ1) is 22.0. The summed E-state index contributed by atoms with van der Waals surface area (Å²) < 4.78 is 35.0. The lowest BCUT2D eigenvalue weighted by molar-refractivity contribution is -0.0504. The molecule has 0 unspecified atom stereocenters. The van der Waals surface area contributed by atoms with Gasteiger partial charge in [0, 0.05) is 24.7 Å². The van der Waals surface area contributed by atoms with Crippen LogP contribution < -0.4 is 20.1 Å². The first-order valence-corrected chi connectivity index (χ1v) is 9.53. The summed E-state index contributed by atoms with van der Waals surface area (Å²) in [4.78, 5) is 8.61. The highest BCUT2D eigenvalue weighted by molar-refractivity contribution is 5.79. The Kier molecular flexibility index (Phi) is 7.36. The summed E-state index contributed by atoms with van der Waals surface area (Å²) in [5, 5.41) is 13.3. The average molecular weight is 430 g/mol. The summed E-state index contributed by atoms with van der Waals surface area (Å²) >= 11 is 0. The number of hydrogen-bond donors (Lipinski definition) is 3. The molecule has 10 heteroatoms. The normalized spacial score (nSPS) is 11.5. The molecule has 0 fully saturated rings. The van der Waals surface area contributed by atoms with Gasteiger partial charge < -0.3 is 20.1 Å². The zero-order valence-corrected chi connectivity index (χ0v) is 17.4. The maximum absolute atomic E-state index is 12.6. The lowest BCUT2D eigenvalue weighted by Gasteiger charge is -2.14. The second-order valence-electron chi connectivity index (χ2n) is 6.60. The standard InChI is InChI=1S/C21H24F2N6O2/c1-13-4-9-17(31-20(22)23)15(10-13)11-25-21(24-2)26-12-18-27-19(29-28-18)14-5-7-16(30-3)8-6-14/h4-10,20H,11-12H2,1-3H3,(H2,24,25,26)(H,27,28,29). The smallest absolute Gasteiger partial charge is 0.387 e. The van der Waals surface area contributed by atoms with E-state index in [2.05, 4.69) is 35.5 Å². The van der Waals surface area contributed by atoms with Crippen molar-refractivity contribution in [3.8, 4) is 22.9 Å².